The molecule has 0 aromatic heterocycles. The molecule has 2 rings (SSSR count). The van der Waals surface area contributed by atoms with Crippen LogP contribution in [0.3, 0.4) is 0 Å². The second kappa shape index (κ2) is 6.18. The van der Waals surface area contributed by atoms with Crippen LogP contribution < -0.4 is 5.32 Å². The SMILES string of the molecule is CCN(CC)CCN[C@H]1CC1c1ccccc1. The molecule has 1 aliphatic carbocycles. The summed E-state index contributed by atoms with van der Waals surface area (Å²) in [4.78, 5) is 2.47. The van der Waals surface area contributed by atoms with Gasteiger partial charge in [0.15, 0.2) is 0 Å². The minimum absolute atomic E-state index is 0.716. The zero-order chi connectivity index (χ0) is 12.1. The number of hydrogen-bond acceptors (Lipinski definition) is 2. The first-order valence-electron chi connectivity index (χ1n) is 6.85. The Kier molecular flexibility index (Phi) is 4.57. The van der Waals surface area contributed by atoms with E-state index in [1.54, 1.807) is 0 Å². The van der Waals surface area contributed by atoms with Crippen molar-refractivity contribution in [3.63, 3.8) is 0 Å². The number of hydrogen-bond donors (Lipinski definition) is 1. The van der Waals surface area contributed by atoms with E-state index in [1.807, 2.05) is 0 Å². The van der Waals surface area contributed by atoms with Gasteiger partial charge in [0.2, 0.25) is 0 Å². The Hall–Kier alpha value is -0.860. The Labute approximate surface area is 105 Å². The zero-order valence-corrected chi connectivity index (χ0v) is 11.0. The first kappa shape index (κ1) is 12.6. The smallest absolute Gasteiger partial charge is 0.0143 e. The van der Waals surface area contributed by atoms with Gasteiger partial charge in [0.25, 0.3) is 0 Å². The fourth-order valence-electron chi connectivity index (χ4n) is 2.44. The summed E-state index contributed by atoms with van der Waals surface area (Å²) in [7, 11) is 0. The van der Waals surface area contributed by atoms with Crippen molar-refractivity contribution >= 4 is 0 Å². The summed E-state index contributed by atoms with van der Waals surface area (Å²) in [5.74, 6) is 0.757. The lowest BCUT2D eigenvalue weighted by Gasteiger charge is -2.18. The maximum Gasteiger partial charge on any atom is 0.0143 e. The Morgan fingerprint density at radius 3 is 2.53 bits per heavy atom. The van der Waals surface area contributed by atoms with Crippen LogP contribution in [-0.4, -0.2) is 37.1 Å². The van der Waals surface area contributed by atoms with E-state index >= 15 is 0 Å². The average molecular weight is 232 g/mol. The van der Waals surface area contributed by atoms with Gasteiger partial charge in [0.05, 0.1) is 0 Å². The highest BCUT2D eigenvalue weighted by Crippen LogP contribution is 2.40. The minimum atomic E-state index is 0.716. The third kappa shape index (κ3) is 3.55. The van der Waals surface area contributed by atoms with Gasteiger partial charge < -0.3 is 10.2 Å². The van der Waals surface area contributed by atoms with Crippen LogP contribution >= 0.6 is 0 Å². The van der Waals surface area contributed by atoms with Crippen LogP contribution in [0, 0.1) is 0 Å². The Balaban J connectivity index is 1.67. The molecule has 0 amide bonds. The molecule has 1 fully saturated rings. The number of likely N-dealkylation sites (N-methyl/N-ethyl adjacent to an activating group) is 1. The molecule has 1 unspecified atom stereocenters. The molecule has 2 nitrogen and oxygen atoms in total. The van der Waals surface area contributed by atoms with E-state index in [2.05, 4.69) is 54.4 Å². The standard InChI is InChI=1S/C15H24N2/c1-3-17(4-2)11-10-16-15-12-14(15)13-8-6-5-7-9-13/h5-9,14-16H,3-4,10-12H2,1-2H3/t14?,15-/m0/s1. The summed E-state index contributed by atoms with van der Waals surface area (Å²) in [6.45, 7) is 9.07. The van der Waals surface area contributed by atoms with E-state index in [9.17, 15) is 0 Å². The first-order chi connectivity index (χ1) is 8.35. The molecule has 17 heavy (non-hydrogen) atoms. The molecule has 0 saturated heterocycles. The van der Waals surface area contributed by atoms with Crippen LogP contribution in [0.4, 0.5) is 0 Å². The fraction of sp³-hybridized carbons (Fsp3) is 0.600. The molecule has 1 aliphatic rings. The zero-order valence-electron chi connectivity index (χ0n) is 11.0. The summed E-state index contributed by atoms with van der Waals surface area (Å²) in [6.07, 6.45) is 1.31. The number of benzene rings is 1. The highest BCUT2D eigenvalue weighted by molar-refractivity contribution is 5.27. The van der Waals surface area contributed by atoms with Crippen LogP contribution in [0.25, 0.3) is 0 Å². The lowest BCUT2D eigenvalue weighted by atomic mass is 10.1. The van der Waals surface area contributed by atoms with Crippen molar-refractivity contribution in [1.82, 2.24) is 10.2 Å². The molecular formula is C15H24N2. The maximum atomic E-state index is 3.66. The Morgan fingerprint density at radius 2 is 1.88 bits per heavy atom. The lowest BCUT2D eigenvalue weighted by Crippen LogP contribution is -2.33. The van der Waals surface area contributed by atoms with Gasteiger partial charge in [-0.3, -0.25) is 0 Å². The highest BCUT2D eigenvalue weighted by atomic mass is 15.1. The molecule has 0 spiro atoms. The molecule has 1 N–H and O–H groups in total. The summed E-state index contributed by atoms with van der Waals surface area (Å²) < 4.78 is 0. The second-order valence-corrected chi connectivity index (χ2v) is 4.84. The molecule has 1 saturated carbocycles. The third-order valence-electron chi connectivity index (χ3n) is 3.75. The predicted octanol–water partition coefficient (Wildman–Crippen LogP) is 2.47. The first-order valence-corrected chi connectivity index (χ1v) is 6.85. The van der Waals surface area contributed by atoms with Crippen LogP contribution in [0.1, 0.15) is 31.7 Å². The topological polar surface area (TPSA) is 15.3 Å². The van der Waals surface area contributed by atoms with E-state index < -0.39 is 0 Å². The highest BCUT2D eigenvalue weighted by Gasteiger charge is 2.37. The van der Waals surface area contributed by atoms with Gasteiger partial charge in [0.1, 0.15) is 0 Å². The average Bonchev–Trinajstić information content (AvgIpc) is 3.15. The largest absolute Gasteiger partial charge is 0.312 e. The summed E-state index contributed by atoms with van der Waals surface area (Å²) in [5.41, 5.74) is 1.49. The molecule has 2 atom stereocenters. The summed E-state index contributed by atoms with van der Waals surface area (Å²) in [5, 5.41) is 3.66. The van der Waals surface area contributed by atoms with Gasteiger partial charge in [-0.2, -0.15) is 0 Å². The fourth-order valence-corrected chi connectivity index (χ4v) is 2.44. The lowest BCUT2D eigenvalue weighted by molar-refractivity contribution is 0.302. The van der Waals surface area contributed by atoms with Gasteiger partial charge in [-0.05, 0) is 25.1 Å². The normalized spacial score (nSPS) is 23.0. The van der Waals surface area contributed by atoms with Crippen molar-refractivity contribution in [2.24, 2.45) is 0 Å². The number of rotatable bonds is 7. The molecule has 1 aromatic carbocycles. The quantitative estimate of drug-likeness (QED) is 0.777. The van der Waals surface area contributed by atoms with E-state index in [-0.39, 0.29) is 0 Å². The molecule has 2 heteroatoms. The molecule has 0 bridgehead atoms. The molecular weight excluding hydrogens is 208 g/mol. The van der Waals surface area contributed by atoms with Crippen LogP contribution in [-0.2, 0) is 0 Å². The van der Waals surface area contributed by atoms with E-state index in [0.717, 1.165) is 25.6 Å². The van der Waals surface area contributed by atoms with Crippen molar-refractivity contribution in [2.75, 3.05) is 26.2 Å². The number of nitrogens with one attached hydrogen (secondary N) is 1. The van der Waals surface area contributed by atoms with Crippen molar-refractivity contribution in [3.8, 4) is 0 Å². The van der Waals surface area contributed by atoms with Gasteiger partial charge >= 0.3 is 0 Å². The van der Waals surface area contributed by atoms with E-state index in [0.29, 0.717) is 6.04 Å². The molecule has 0 heterocycles. The molecule has 94 valence electrons. The van der Waals surface area contributed by atoms with Crippen LogP contribution in [0.5, 0.6) is 0 Å². The molecule has 0 aliphatic heterocycles. The van der Waals surface area contributed by atoms with Gasteiger partial charge in [-0.25, -0.2) is 0 Å². The summed E-state index contributed by atoms with van der Waals surface area (Å²) in [6, 6.07) is 11.6. The van der Waals surface area contributed by atoms with Crippen molar-refractivity contribution < 1.29 is 0 Å². The van der Waals surface area contributed by atoms with Crippen LogP contribution in [0.15, 0.2) is 30.3 Å². The van der Waals surface area contributed by atoms with Crippen molar-refractivity contribution in [2.45, 2.75) is 32.2 Å². The molecule has 1 aromatic rings. The third-order valence-corrected chi connectivity index (χ3v) is 3.75. The Morgan fingerprint density at radius 1 is 1.18 bits per heavy atom. The van der Waals surface area contributed by atoms with Gasteiger partial charge in [0, 0.05) is 25.0 Å². The van der Waals surface area contributed by atoms with E-state index in [4.69, 9.17) is 0 Å². The monoisotopic (exact) mass is 232 g/mol. The molecule has 0 radical (unpaired) electrons. The second-order valence-electron chi connectivity index (χ2n) is 4.84. The number of nitrogens with zero attached hydrogens (tertiary/aromatic N) is 1. The maximum absolute atomic E-state index is 3.66. The van der Waals surface area contributed by atoms with Gasteiger partial charge in [-0.1, -0.05) is 44.2 Å². The van der Waals surface area contributed by atoms with Crippen LogP contribution in [0.2, 0.25) is 0 Å². The van der Waals surface area contributed by atoms with Gasteiger partial charge in [-0.15, -0.1) is 0 Å². The van der Waals surface area contributed by atoms with E-state index in [1.165, 1.54) is 18.5 Å². The Bertz CT molecular complexity index is 319. The predicted molar refractivity (Wildman–Crippen MR) is 73.4 cm³/mol. The minimum Gasteiger partial charge on any atom is -0.312 e. The van der Waals surface area contributed by atoms with Crippen molar-refractivity contribution in [1.29, 1.82) is 0 Å². The summed E-state index contributed by atoms with van der Waals surface area (Å²) >= 11 is 0. The van der Waals surface area contributed by atoms with Crippen molar-refractivity contribution in [3.05, 3.63) is 35.9 Å².